The lowest BCUT2D eigenvalue weighted by Gasteiger charge is -2.16. The summed E-state index contributed by atoms with van der Waals surface area (Å²) in [4.78, 5) is 0. The minimum absolute atomic E-state index is 0.152. The summed E-state index contributed by atoms with van der Waals surface area (Å²) in [7, 11) is 0. The Balaban J connectivity index is 1.85. The van der Waals surface area contributed by atoms with Gasteiger partial charge in [-0.3, -0.25) is 0 Å². The smallest absolute Gasteiger partial charge is 0.0693 e. The summed E-state index contributed by atoms with van der Waals surface area (Å²) < 4.78 is 1.10. The van der Waals surface area contributed by atoms with Crippen molar-refractivity contribution in [3.8, 4) is 0 Å². The second kappa shape index (κ2) is 5.10. The summed E-state index contributed by atoms with van der Waals surface area (Å²) >= 11 is 3.41. The number of aliphatic hydroxyl groups is 1. The van der Waals surface area contributed by atoms with Gasteiger partial charge < -0.3 is 10.4 Å². The molecule has 2 nitrogen and oxygen atoms in total. The molecule has 0 bridgehead atoms. The maximum absolute atomic E-state index is 9.64. The number of halogens is 1. The molecule has 1 aliphatic carbocycles. The number of benzene rings is 1. The predicted octanol–water partition coefficient (Wildman–Crippen LogP) is 2.45. The largest absolute Gasteiger partial charge is 0.392 e. The van der Waals surface area contributed by atoms with Crippen LogP contribution in [-0.4, -0.2) is 17.3 Å². The molecule has 0 heterocycles. The van der Waals surface area contributed by atoms with Crippen LogP contribution in [0.3, 0.4) is 0 Å². The minimum Gasteiger partial charge on any atom is -0.392 e. The third kappa shape index (κ3) is 3.03. The van der Waals surface area contributed by atoms with E-state index in [2.05, 4.69) is 33.4 Å². The molecule has 0 amide bonds. The van der Waals surface area contributed by atoms with Gasteiger partial charge in [0.15, 0.2) is 0 Å². The van der Waals surface area contributed by atoms with Crippen LogP contribution in [-0.2, 0) is 6.54 Å². The maximum Gasteiger partial charge on any atom is 0.0693 e. The van der Waals surface area contributed by atoms with Crippen molar-refractivity contribution in [2.75, 3.05) is 0 Å². The van der Waals surface area contributed by atoms with Gasteiger partial charge >= 0.3 is 0 Å². The fourth-order valence-electron chi connectivity index (χ4n) is 2.03. The van der Waals surface area contributed by atoms with E-state index < -0.39 is 0 Å². The third-order valence-electron chi connectivity index (χ3n) is 2.96. The predicted molar refractivity (Wildman–Crippen MR) is 64.6 cm³/mol. The Bertz CT molecular complexity index is 312. The molecule has 0 aromatic heterocycles. The quantitative estimate of drug-likeness (QED) is 0.884. The first-order chi connectivity index (χ1) is 7.25. The molecule has 0 spiro atoms. The van der Waals surface area contributed by atoms with Gasteiger partial charge in [-0.2, -0.15) is 0 Å². The molecule has 2 rings (SSSR count). The summed E-state index contributed by atoms with van der Waals surface area (Å²) in [6.07, 6.45) is 3.02. The molecule has 1 aromatic rings. The normalized spacial score (nSPS) is 25.7. The lowest BCUT2D eigenvalue weighted by Crippen LogP contribution is -2.34. The summed E-state index contributed by atoms with van der Waals surface area (Å²) in [6, 6.07) is 8.56. The van der Waals surface area contributed by atoms with Crippen LogP contribution >= 0.6 is 15.9 Å². The van der Waals surface area contributed by atoms with Crippen LogP contribution in [0.2, 0.25) is 0 Å². The van der Waals surface area contributed by atoms with E-state index in [4.69, 9.17) is 0 Å². The third-order valence-corrected chi connectivity index (χ3v) is 3.49. The maximum atomic E-state index is 9.64. The molecule has 2 N–H and O–H groups in total. The Morgan fingerprint density at radius 1 is 1.27 bits per heavy atom. The van der Waals surface area contributed by atoms with Crippen molar-refractivity contribution >= 4 is 15.9 Å². The molecule has 1 aromatic carbocycles. The van der Waals surface area contributed by atoms with E-state index in [0.29, 0.717) is 0 Å². The molecule has 0 unspecified atom stereocenters. The van der Waals surface area contributed by atoms with Crippen LogP contribution in [0, 0.1) is 0 Å². The van der Waals surface area contributed by atoms with Crippen molar-refractivity contribution in [1.82, 2.24) is 5.32 Å². The molecule has 82 valence electrons. The lowest BCUT2D eigenvalue weighted by atomic mass is 10.2. The van der Waals surface area contributed by atoms with Crippen molar-refractivity contribution in [3.05, 3.63) is 34.3 Å². The average molecular weight is 270 g/mol. The van der Waals surface area contributed by atoms with Crippen LogP contribution in [0.4, 0.5) is 0 Å². The number of hydrogen-bond donors (Lipinski definition) is 2. The number of nitrogens with one attached hydrogen (secondary N) is 1. The Morgan fingerprint density at radius 3 is 2.60 bits per heavy atom. The zero-order chi connectivity index (χ0) is 10.7. The van der Waals surface area contributed by atoms with Gasteiger partial charge in [0.1, 0.15) is 0 Å². The van der Waals surface area contributed by atoms with Crippen molar-refractivity contribution in [2.24, 2.45) is 0 Å². The van der Waals surface area contributed by atoms with E-state index >= 15 is 0 Å². The van der Waals surface area contributed by atoms with E-state index in [1.54, 1.807) is 0 Å². The van der Waals surface area contributed by atoms with Gasteiger partial charge in [-0.15, -0.1) is 0 Å². The molecule has 2 atom stereocenters. The van der Waals surface area contributed by atoms with E-state index in [9.17, 15) is 5.11 Å². The monoisotopic (exact) mass is 269 g/mol. The van der Waals surface area contributed by atoms with Crippen LogP contribution < -0.4 is 5.32 Å². The SMILES string of the molecule is O[C@H]1CCC[C@@H]1NCc1ccc(Br)cc1. The van der Waals surface area contributed by atoms with Gasteiger partial charge in [-0.25, -0.2) is 0 Å². The highest BCUT2D eigenvalue weighted by Crippen LogP contribution is 2.19. The Hall–Kier alpha value is -0.380. The molecule has 0 saturated heterocycles. The number of hydrogen-bond acceptors (Lipinski definition) is 2. The van der Waals surface area contributed by atoms with Gasteiger partial charge in [0.25, 0.3) is 0 Å². The molecule has 0 radical (unpaired) electrons. The van der Waals surface area contributed by atoms with Crippen molar-refractivity contribution in [1.29, 1.82) is 0 Å². The average Bonchev–Trinajstić information content (AvgIpc) is 2.63. The molecular weight excluding hydrogens is 254 g/mol. The van der Waals surface area contributed by atoms with Crippen LogP contribution in [0.5, 0.6) is 0 Å². The van der Waals surface area contributed by atoms with Crippen molar-refractivity contribution < 1.29 is 5.11 Å². The first-order valence-corrected chi connectivity index (χ1v) is 6.21. The molecule has 1 aliphatic rings. The summed E-state index contributed by atoms with van der Waals surface area (Å²) in [5.74, 6) is 0. The summed E-state index contributed by atoms with van der Waals surface area (Å²) in [5, 5.41) is 13.0. The van der Waals surface area contributed by atoms with Crippen LogP contribution in [0.1, 0.15) is 24.8 Å². The second-order valence-electron chi connectivity index (χ2n) is 4.11. The Kier molecular flexibility index (Phi) is 3.78. The van der Waals surface area contributed by atoms with E-state index in [0.717, 1.165) is 30.3 Å². The van der Waals surface area contributed by atoms with Gasteiger partial charge in [0, 0.05) is 17.1 Å². The van der Waals surface area contributed by atoms with E-state index in [1.165, 1.54) is 5.56 Å². The zero-order valence-electron chi connectivity index (χ0n) is 8.62. The van der Waals surface area contributed by atoms with E-state index in [1.807, 2.05) is 12.1 Å². The van der Waals surface area contributed by atoms with Crippen LogP contribution in [0.15, 0.2) is 28.7 Å². The van der Waals surface area contributed by atoms with E-state index in [-0.39, 0.29) is 12.1 Å². The molecular formula is C12H16BrNO. The molecule has 0 aliphatic heterocycles. The molecule has 1 fully saturated rings. The number of rotatable bonds is 3. The highest BCUT2D eigenvalue weighted by Gasteiger charge is 2.24. The first kappa shape index (κ1) is 11.1. The fraction of sp³-hybridized carbons (Fsp3) is 0.500. The zero-order valence-corrected chi connectivity index (χ0v) is 10.2. The topological polar surface area (TPSA) is 32.3 Å². The summed E-state index contributed by atoms with van der Waals surface area (Å²) in [6.45, 7) is 0.842. The van der Waals surface area contributed by atoms with Crippen LogP contribution in [0.25, 0.3) is 0 Å². The lowest BCUT2D eigenvalue weighted by molar-refractivity contribution is 0.148. The van der Waals surface area contributed by atoms with Gasteiger partial charge in [-0.05, 0) is 37.0 Å². The van der Waals surface area contributed by atoms with Gasteiger partial charge in [0.05, 0.1) is 6.10 Å². The second-order valence-corrected chi connectivity index (χ2v) is 5.03. The first-order valence-electron chi connectivity index (χ1n) is 5.41. The minimum atomic E-state index is -0.152. The number of aliphatic hydroxyl groups excluding tert-OH is 1. The van der Waals surface area contributed by atoms with Gasteiger partial charge in [0.2, 0.25) is 0 Å². The van der Waals surface area contributed by atoms with Crippen molar-refractivity contribution in [3.63, 3.8) is 0 Å². The highest BCUT2D eigenvalue weighted by molar-refractivity contribution is 9.10. The molecule has 3 heteroatoms. The van der Waals surface area contributed by atoms with Gasteiger partial charge in [-0.1, -0.05) is 28.1 Å². The fourth-order valence-corrected chi connectivity index (χ4v) is 2.29. The Labute approximate surface area is 98.8 Å². The standard InChI is InChI=1S/C12H16BrNO/c13-10-6-4-9(5-7-10)8-14-11-2-1-3-12(11)15/h4-7,11-12,14-15H,1-3,8H2/t11-,12-/m0/s1. The summed E-state index contributed by atoms with van der Waals surface area (Å²) in [5.41, 5.74) is 1.26. The molecule has 15 heavy (non-hydrogen) atoms. The highest BCUT2D eigenvalue weighted by atomic mass is 79.9. The molecule has 1 saturated carbocycles. The van der Waals surface area contributed by atoms with Crippen molar-refractivity contribution in [2.45, 2.75) is 38.0 Å². The Morgan fingerprint density at radius 2 is 2.00 bits per heavy atom.